The molecule has 0 radical (unpaired) electrons. The van der Waals surface area contributed by atoms with Gasteiger partial charge in [0.25, 0.3) is 5.91 Å². The minimum atomic E-state index is -0.231. The number of hydrogen-bond acceptors (Lipinski definition) is 4. The van der Waals surface area contributed by atoms with E-state index in [4.69, 9.17) is 0 Å². The fraction of sp³-hybridized carbons (Fsp3) is 0.333. The second-order valence-corrected chi connectivity index (χ2v) is 8.02. The maximum absolute atomic E-state index is 12.8. The molecule has 7 nitrogen and oxygen atoms in total. The van der Waals surface area contributed by atoms with Crippen LogP contribution < -0.4 is 5.32 Å². The maximum atomic E-state index is 12.8. The summed E-state index contributed by atoms with van der Waals surface area (Å²) in [6.45, 7) is 3.83. The van der Waals surface area contributed by atoms with E-state index in [0.29, 0.717) is 24.5 Å². The molecule has 1 aliphatic heterocycles. The van der Waals surface area contributed by atoms with Gasteiger partial charge in [0.05, 0.1) is 5.92 Å². The van der Waals surface area contributed by atoms with Crippen molar-refractivity contribution in [1.29, 1.82) is 0 Å². The molecule has 3 heterocycles. The first-order valence-electron chi connectivity index (χ1n) is 10.7. The van der Waals surface area contributed by atoms with Crippen molar-refractivity contribution in [3.05, 3.63) is 77.7 Å². The van der Waals surface area contributed by atoms with Crippen LogP contribution >= 0.6 is 0 Å². The van der Waals surface area contributed by atoms with E-state index in [9.17, 15) is 9.59 Å². The molecule has 31 heavy (non-hydrogen) atoms. The van der Waals surface area contributed by atoms with Crippen LogP contribution in [0.3, 0.4) is 0 Å². The SMILES string of the molecule is Cc1ccc(C(=O)N2CCCC(C(=O)Nc3ccn(CCc4ccncc4)n3)C2)cc1. The predicted octanol–water partition coefficient (Wildman–Crippen LogP) is 3.32. The Morgan fingerprint density at radius 1 is 1.10 bits per heavy atom. The number of aryl methyl sites for hydroxylation is 3. The molecular formula is C24H27N5O2. The highest BCUT2D eigenvalue weighted by Crippen LogP contribution is 2.20. The van der Waals surface area contributed by atoms with Crippen molar-refractivity contribution >= 4 is 17.6 Å². The standard InChI is InChI=1S/C24H27N5O2/c1-18-4-6-20(7-5-18)24(31)28-14-2-3-21(17-28)23(30)26-22-11-16-29(27-22)15-10-19-8-12-25-13-9-19/h4-9,11-13,16,21H,2-3,10,14-15,17H2,1H3,(H,26,27,30). The van der Waals surface area contributed by atoms with Gasteiger partial charge in [0, 0.05) is 49.9 Å². The third kappa shape index (κ3) is 5.36. The Hall–Kier alpha value is -3.48. The second-order valence-electron chi connectivity index (χ2n) is 8.02. The molecule has 2 amide bonds. The molecule has 1 saturated heterocycles. The van der Waals surface area contributed by atoms with Gasteiger partial charge in [-0.15, -0.1) is 0 Å². The molecule has 1 aliphatic rings. The molecule has 0 aliphatic carbocycles. The molecule has 2 aromatic heterocycles. The van der Waals surface area contributed by atoms with Gasteiger partial charge in [0.1, 0.15) is 0 Å². The first-order chi connectivity index (χ1) is 15.1. The summed E-state index contributed by atoms with van der Waals surface area (Å²) in [6.07, 6.45) is 7.85. The number of rotatable bonds is 6. The summed E-state index contributed by atoms with van der Waals surface area (Å²) in [5.74, 6) is 0.213. The van der Waals surface area contributed by atoms with Gasteiger partial charge in [0.15, 0.2) is 5.82 Å². The highest BCUT2D eigenvalue weighted by molar-refractivity contribution is 5.96. The van der Waals surface area contributed by atoms with Crippen molar-refractivity contribution in [2.24, 2.45) is 5.92 Å². The molecule has 0 saturated carbocycles. The quantitative estimate of drug-likeness (QED) is 0.667. The van der Waals surface area contributed by atoms with Gasteiger partial charge in [-0.05, 0) is 56.0 Å². The van der Waals surface area contributed by atoms with E-state index in [-0.39, 0.29) is 17.7 Å². The molecule has 3 aromatic rings. The number of pyridine rings is 1. The van der Waals surface area contributed by atoms with Crippen molar-refractivity contribution < 1.29 is 9.59 Å². The van der Waals surface area contributed by atoms with Crippen molar-refractivity contribution in [1.82, 2.24) is 19.7 Å². The fourth-order valence-corrected chi connectivity index (χ4v) is 3.83. The van der Waals surface area contributed by atoms with E-state index in [2.05, 4.69) is 15.4 Å². The van der Waals surface area contributed by atoms with Crippen molar-refractivity contribution in [2.45, 2.75) is 32.7 Å². The Bertz CT molecular complexity index is 1030. The number of carbonyl (C=O) groups is 2. The largest absolute Gasteiger partial charge is 0.338 e. The number of aromatic nitrogens is 3. The van der Waals surface area contributed by atoms with Gasteiger partial charge < -0.3 is 10.2 Å². The van der Waals surface area contributed by atoms with Crippen LogP contribution in [0.4, 0.5) is 5.82 Å². The lowest BCUT2D eigenvalue weighted by Gasteiger charge is -2.32. The molecule has 160 valence electrons. The highest BCUT2D eigenvalue weighted by atomic mass is 16.2. The van der Waals surface area contributed by atoms with Crippen molar-refractivity contribution in [3.63, 3.8) is 0 Å². The average Bonchev–Trinajstić information content (AvgIpc) is 3.26. The van der Waals surface area contributed by atoms with E-state index in [1.807, 2.05) is 60.3 Å². The lowest BCUT2D eigenvalue weighted by molar-refractivity contribution is -0.121. The lowest BCUT2D eigenvalue weighted by Crippen LogP contribution is -2.43. The summed E-state index contributed by atoms with van der Waals surface area (Å²) in [5.41, 5.74) is 2.98. The van der Waals surface area contributed by atoms with E-state index in [1.54, 1.807) is 17.3 Å². The molecule has 1 unspecified atom stereocenters. The highest BCUT2D eigenvalue weighted by Gasteiger charge is 2.29. The fourth-order valence-electron chi connectivity index (χ4n) is 3.83. The Morgan fingerprint density at radius 3 is 2.65 bits per heavy atom. The number of hydrogen-bond donors (Lipinski definition) is 1. The van der Waals surface area contributed by atoms with E-state index >= 15 is 0 Å². The van der Waals surface area contributed by atoms with Crippen LogP contribution in [-0.4, -0.2) is 44.6 Å². The number of anilines is 1. The molecule has 1 fully saturated rings. The first-order valence-corrected chi connectivity index (χ1v) is 10.7. The van der Waals surface area contributed by atoms with E-state index < -0.39 is 0 Å². The Labute approximate surface area is 182 Å². The minimum Gasteiger partial charge on any atom is -0.338 e. The summed E-state index contributed by atoms with van der Waals surface area (Å²) in [5, 5.41) is 7.38. The van der Waals surface area contributed by atoms with Gasteiger partial charge in [-0.2, -0.15) is 5.10 Å². The van der Waals surface area contributed by atoms with Crippen LogP contribution in [0.1, 0.15) is 34.3 Å². The Balaban J connectivity index is 1.31. The zero-order valence-corrected chi connectivity index (χ0v) is 17.7. The molecule has 0 bridgehead atoms. The number of likely N-dealkylation sites (tertiary alicyclic amines) is 1. The van der Waals surface area contributed by atoms with Gasteiger partial charge in [-0.25, -0.2) is 0 Å². The lowest BCUT2D eigenvalue weighted by atomic mass is 9.96. The zero-order valence-electron chi connectivity index (χ0n) is 17.7. The average molecular weight is 418 g/mol. The molecule has 4 rings (SSSR count). The smallest absolute Gasteiger partial charge is 0.253 e. The number of nitrogens with zero attached hydrogens (tertiary/aromatic N) is 4. The maximum Gasteiger partial charge on any atom is 0.253 e. The summed E-state index contributed by atoms with van der Waals surface area (Å²) in [7, 11) is 0. The van der Waals surface area contributed by atoms with Crippen LogP contribution in [-0.2, 0) is 17.8 Å². The monoisotopic (exact) mass is 417 g/mol. The van der Waals surface area contributed by atoms with Crippen LogP contribution in [0.15, 0.2) is 61.1 Å². The number of amides is 2. The molecule has 1 N–H and O–H groups in total. The first kappa shape index (κ1) is 20.8. The van der Waals surface area contributed by atoms with Gasteiger partial charge >= 0.3 is 0 Å². The third-order valence-electron chi connectivity index (χ3n) is 5.65. The third-order valence-corrected chi connectivity index (χ3v) is 5.65. The van der Waals surface area contributed by atoms with Gasteiger partial charge in [0.2, 0.25) is 5.91 Å². The number of benzene rings is 1. The van der Waals surface area contributed by atoms with Gasteiger partial charge in [-0.1, -0.05) is 17.7 Å². The van der Waals surface area contributed by atoms with E-state index in [0.717, 1.165) is 31.4 Å². The molecule has 1 atom stereocenters. The van der Waals surface area contributed by atoms with Crippen LogP contribution in [0.5, 0.6) is 0 Å². The number of nitrogens with one attached hydrogen (secondary N) is 1. The topological polar surface area (TPSA) is 80.1 Å². The number of carbonyl (C=O) groups excluding carboxylic acids is 2. The minimum absolute atomic E-state index is 0.0158. The molecular weight excluding hydrogens is 390 g/mol. The summed E-state index contributed by atoms with van der Waals surface area (Å²) < 4.78 is 1.82. The molecule has 0 spiro atoms. The van der Waals surface area contributed by atoms with Gasteiger partial charge in [-0.3, -0.25) is 19.3 Å². The molecule has 1 aromatic carbocycles. The summed E-state index contributed by atoms with van der Waals surface area (Å²) in [4.78, 5) is 31.4. The Morgan fingerprint density at radius 2 is 1.87 bits per heavy atom. The zero-order chi connectivity index (χ0) is 21.6. The predicted molar refractivity (Wildman–Crippen MR) is 119 cm³/mol. The van der Waals surface area contributed by atoms with Crippen molar-refractivity contribution in [3.8, 4) is 0 Å². The van der Waals surface area contributed by atoms with E-state index in [1.165, 1.54) is 5.56 Å². The summed E-state index contributed by atoms with van der Waals surface area (Å²) in [6, 6.07) is 13.3. The second kappa shape index (κ2) is 9.55. The Kier molecular flexibility index (Phi) is 6.40. The molecule has 7 heteroatoms. The summed E-state index contributed by atoms with van der Waals surface area (Å²) >= 11 is 0. The normalized spacial score (nSPS) is 16.2. The van der Waals surface area contributed by atoms with Crippen LogP contribution in [0.25, 0.3) is 0 Å². The van der Waals surface area contributed by atoms with Crippen LogP contribution in [0.2, 0.25) is 0 Å². The number of piperidine rings is 1. The van der Waals surface area contributed by atoms with Crippen LogP contribution in [0, 0.1) is 12.8 Å². The van der Waals surface area contributed by atoms with Crippen molar-refractivity contribution in [2.75, 3.05) is 18.4 Å².